The summed E-state index contributed by atoms with van der Waals surface area (Å²) in [5, 5.41) is 0. The molecule has 0 N–H and O–H groups in total. The molecule has 0 saturated heterocycles. The number of nitrogens with zero attached hydrogens (tertiary/aromatic N) is 3. The Kier molecular flexibility index (Phi) is 10.2. The maximum absolute atomic E-state index is 13.7. The van der Waals surface area contributed by atoms with Gasteiger partial charge in [-0.25, -0.2) is 4.79 Å². The van der Waals surface area contributed by atoms with Crippen molar-refractivity contribution in [2.24, 2.45) is 0 Å². The van der Waals surface area contributed by atoms with E-state index in [4.69, 9.17) is 28.4 Å². The molecule has 4 heterocycles. The smallest absolute Gasteiger partial charge is 0.415 e. The van der Waals surface area contributed by atoms with Crippen LogP contribution in [0.2, 0.25) is 0 Å². The lowest BCUT2D eigenvalue weighted by molar-refractivity contribution is 0.153. The fourth-order valence-corrected chi connectivity index (χ4v) is 7.81. The van der Waals surface area contributed by atoms with Gasteiger partial charge in [0.1, 0.15) is 5.75 Å². The van der Waals surface area contributed by atoms with Crippen molar-refractivity contribution in [2.45, 2.75) is 51.6 Å². The van der Waals surface area contributed by atoms with Crippen LogP contribution in [-0.4, -0.2) is 82.4 Å². The minimum Gasteiger partial charge on any atom is -0.493 e. The normalized spacial score (nSPS) is 18.2. The maximum Gasteiger partial charge on any atom is 0.415 e. The topological polar surface area (TPSA) is 82.2 Å². The van der Waals surface area contributed by atoms with Crippen LogP contribution in [0.1, 0.15) is 59.3 Å². The number of benzene rings is 4. The van der Waals surface area contributed by atoms with Gasteiger partial charge in [0.2, 0.25) is 5.75 Å². The quantitative estimate of drug-likeness (QED) is 0.198. The van der Waals surface area contributed by atoms with Crippen molar-refractivity contribution in [2.75, 3.05) is 61.6 Å². The van der Waals surface area contributed by atoms with Crippen LogP contribution in [0, 0.1) is 0 Å². The van der Waals surface area contributed by atoms with E-state index in [1.807, 2.05) is 44.2 Å². The van der Waals surface area contributed by atoms with E-state index < -0.39 is 6.09 Å². The predicted molar refractivity (Wildman–Crippen MR) is 200 cm³/mol. The number of rotatable bonds is 6. The number of methoxy groups -OCH3 is 3. The second kappa shape index (κ2) is 15.0. The molecule has 10 heteroatoms. The minimum absolute atomic E-state index is 0.0949. The summed E-state index contributed by atoms with van der Waals surface area (Å²) in [5.41, 5.74) is 6.67. The van der Waals surface area contributed by atoms with Gasteiger partial charge in [-0.1, -0.05) is 18.2 Å². The first-order valence-corrected chi connectivity index (χ1v) is 18.2. The molecule has 0 radical (unpaired) electrons. The molecule has 274 valence electrons. The Bertz CT molecular complexity index is 1940. The van der Waals surface area contributed by atoms with Crippen molar-refractivity contribution >= 4 is 6.09 Å². The summed E-state index contributed by atoms with van der Waals surface area (Å²) < 4.78 is 37.6. The second-order valence-electron chi connectivity index (χ2n) is 13.8. The minimum atomic E-state index is -0.468. The average Bonchev–Trinajstić information content (AvgIpc) is 3.15. The molecule has 4 aromatic rings. The zero-order chi connectivity index (χ0) is 36.5. The van der Waals surface area contributed by atoms with Crippen molar-refractivity contribution < 1.29 is 33.2 Å². The molecule has 0 unspecified atom stereocenters. The highest BCUT2D eigenvalue weighted by Crippen LogP contribution is 2.52. The van der Waals surface area contributed by atoms with E-state index in [0.29, 0.717) is 54.0 Å². The lowest BCUT2D eigenvalue weighted by Crippen LogP contribution is -2.35. The molecular formula is C42H49N3O7. The van der Waals surface area contributed by atoms with Gasteiger partial charge in [-0.15, -0.1) is 0 Å². The fourth-order valence-electron chi connectivity index (χ4n) is 7.81. The molecule has 4 aromatic carbocycles. The SMILES string of the molecule is CCN(CC)C(=O)Oc1c(OC)cc2c3c1Oc1cc4c(cc1OC)CCN(C)[C@H]4Cc1ccc(cc1)Oc1cc(ccc1OC)C[C@@H]3N(C)CC2. The first-order chi connectivity index (χ1) is 25.2. The maximum atomic E-state index is 13.7. The molecule has 6 bridgehead atoms. The van der Waals surface area contributed by atoms with Crippen molar-refractivity contribution in [3.8, 4) is 46.0 Å². The predicted octanol–water partition coefficient (Wildman–Crippen LogP) is 7.99. The number of hydrogen-bond donors (Lipinski definition) is 0. The molecule has 0 aliphatic carbocycles. The summed E-state index contributed by atoms with van der Waals surface area (Å²) in [5.74, 6) is 4.36. The summed E-state index contributed by atoms with van der Waals surface area (Å²) in [6.07, 6.45) is 2.61. The van der Waals surface area contributed by atoms with Crippen molar-refractivity contribution in [3.63, 3.8) is 0 Å². The molecule has 0 saturated carbocycles. The second-order valence-corrected chi connectivity index (χ2v) is 13.8. The molecule has 0 spiro atoms. The molecule has 52 heavy (non-hydrogen) atoms. The zero-order valence-electron chi connectivity index (χ0n) is 31.3. The summed E-state index contributed by atoms with van der Waals surface area (Å²) in [6.45, 7) is 6.61. The highest BCUT2D eigenvalue weighted by atomic mass is 16.6. The number of carbonyl (C=O) groups is 1. The number of fused-ring (bicyclic) bond motifs is 2. The number of hydrogen-bond acceptors (Lipinski definition) is 9. The number of likely N-dealkylation sites (N-methyl/N-ethyl adjacent to an activating group) is 2. The van der Waals surface area contributed by atoms with Gasteiger partial charge in [-0.3, -0.25) is 9.80 Å². The lowest BCUT2D eigenvalue weighted by Gasteiger charge is -2.37. The molecule has 4 aliphatic heterocycles. The number of ether oxygens (including phenoxy) is 6. The Morgan fingerprint density at radius 1 is 0.731 bits per heavy atom. The van der Waals surface area contributed by atoms with E-state index in [1.54, 1.807) is 26.2 Å². The summed E-state index contributed by atoms with van der Waals surface area (Å²) in [6, 6.07) is 20.6. The zero-order valence-corrected chi connectivity index (χ0v) is 31.3. The van der Waals surface area contributed by atoms with Crippen molar-refractivity contribution in [1.29, 1.82) is 0 Å². The first-order valence-electron chi connectivity index (χ1n) is 18.2. The van der Waals surface area contributed by atoms with Crippen LogP contribution >= 0.6 is 0 Å². The summed E-state index contributed by atoms with van der Waals surface area (Å²) >= 11 is 0. The Morgan fingerprint density at radius 2 is 1.35 bits per heavy atom. The fraction of sp³-hybridized carbons (Fsp3) is 0.405. The third-order valence-electron chi connectivity index (χ3n) is 10.9. The van der Waals surface area contributed by atoms with Crippen LogP contribution in [0.4, 0.5) is 4.79 Å². The number of amides is 1. The van der Waals surface area contributed by atoms with Crippen molar-refractivity contribution in [1.82, 2.24) is 14.7 Å². The highest BCUT2D eigenvalue weighted by Gasteiger charge is 2.36. The van der Waals surface area contributed by atoms with Gasteiger partial charge in [-0.05, 0) is 124 Å². The van der Waals surface area contributed by atoms with Crippen LogP contribution in [0.3, 0.4) is 0 Å². The molecule has 0 fully saturated rings. The van der Waals surface area contributed by atoms with Gasteiger partial charge in [0.25, 0.3) is 0 Å². The first kappa shape index (κ1) is 35.5. The van der Waals surface area contributed by atoms with E-state index in [-0.39, 0.29) is 17.8 Å². The summed E-state index contributed by atoms with van der Waals surface area (Å²) in [7, 11) is 9.22. The molecule has 4 aliphatic rings. The standard InChI is InChI=1S/C42H49N3O7/c1-8-45(9-2)42(46)52-40-38(49-7)24-29-17-19-44(4)33-21-27-12-15-34(47-5)36(22-27)50-30-13-10-26(11-14-30)20-32-31-25-37(51-41(40)39(29)33)35(48-6)23-28(31)16-18-43(32)3/h10-15,22-25,32-33H,8-9,16-21H2,1-7H3/t32-,33-/m0/s1. The van der Waals surface area contributed by atoms with Crippen LogP contribution in [0.5, 0.6) is 46.0 Å². The number of carbonyl (C=O) groups excluding carboxylic acids is 1. The van der Waals surface area contributed by atoms with Gasteiger partial charge >= 0.3 is 6.09 Å². The molecule has 8 rings (SSSR count). The van der Waals surface area contributed by atoms with E-state index in [9.17, 15) is 4.79 Å². The van der Waals surface area contributed by atoms with E-state index in [2.05, 4.69) is 54.2 Å². The van der Waals surface area contributed by atoms with Gasteiger partial charge in [-0.2, -0.15) is 0 Å². The Morgan fingerprint density at radius 3 is 2.04 bits per heavy atom. The van der Waals surface area contributed by atoms with Gasteiger partial charge in [0.15, 0.2) is 34.5 Å². The molecule has 10 nitrogen and oxygen atoms in total. The van der Waals surface area contributed by atoms with Crippen LogP contribution in [0.25, 0.3) is 0 Å². The lowest BCUT2D eigenvalue weighted by atomic mass is 9.87. The third kappa shape index (κ3) is 6.73. The average molecular weight is 708 g/mol. The molecule has 0 aromatic heterocycles. The molecular weight excluding hydrogens is 658 g/mol. The highest BCUT2D eigenvalue weighted by molar-refractivity contribution is 5.75. The third-order valence-corrected chi connectivity index (χ3v) is 10.9. The Balaban J connectivity index is 1.48. The van der Waals surface area contributed by atoms with Gasteiger partial charge in [0.05, 0.1) is 21.3 Å². The Hall–Kier alpha value is -4.93. The van der Waals surface area contributed by atoms with E-state index in [1.165, 1.54) is 16.7 Å². The van der Waals surface area contributed by atoms with E-state index in [0.717, 1.165) is 54.8 Å². The van der Waals surface area contributed by atoms with Gasteiger partial charge in [0, 0.05) is 43.8 Å². The summed E-state index contributed by atoms with van der Waals surface area (Å²) in [4.78, 5) is 20.0. The van der Waals surface area contributed by atoms with Gasteiger partial charge < -0.3 is 33.3 Å². The molecule has 1 amide bonds. The largest absolute Gasteiger partial charge is 0.493 e. The van der Waals surface area contributed by atoms with Crippen LogP contribution < -0.4 is 28.4 Å². The van der Waals surface area contributed by atoms with Crippen LogP contribution in [0.15, 0.2) is 60.7 Å². The monoisotopic (exact) mass is 707 g/mol. The van der Waals surface area contributed by atoms with E-state index >= 15 is 0 Å². The van der Waals surface area contributed by atoms with Crippen LogP contribution in [-0.2, 0) is 25.7 Å². The molecule has 2 atom stereocenters. The van der Waals surface area contributed by atoms with Crippen molar-refractivity contribution in [3.05, 3.63) is 94.0 Å². The Labute approximate surface area is 306 Å².